The van der Waals surface area contributed by atoms with E-state index in [4.69, 9.17) is 0 Å². The summed E-state index contributed by atoms with van der Waals surface area (Å²) in [6.45, 7) is 0. The molecule has 0 fully saturated rings. The maximum Gasteiger partial charge on any atom is 0.234 e. The molecule has 0 bridgehead atoms. The van der Waals surface area contributed by atoms with E-state index < -0.39 is 5.82 Å². The summed E-state index contributed by atoms with van der Waals surface area (Å²) >= 11 is 1.17. The molecule has 23 heavy (non-hydrogen) atoms. The topological polar surface area (TPSA) is 72.7 Å². The highest BCUT2D eigenvalue weighted by molar-refractivity contribution is 7.99. The smallest absolute Gasteiger partial charge is 0.234 e. The van der Waals surface area contributed by atoms with E-state index in [0.29, 0.717) is 5.16 Å². The van der Waals surface area contributed by atoms with Crippen molar-refractivity contribution in [2.75, 3.05) is 11.1 Å². The minimum Gasteiger partial charge on any atom is -0.323 e. The number of anilines is 1. The standard InChI is InChI=1S/C15H12FN5OS/c16-12-8-4-5-9-13(12)17-14(22)10-23-15-18-19-20-21(15)11-6-2-1-3-7-11/h1-9H,10H2,(H,17,22). The lowest BCUT2D eigenvalue weighted by Gasteiger charge is -2.06. The molecule has 3 aromatic rings. The molecule has 6 nitrogen and oxygen atoms in total. The van der Waals surface area contributed by atoms with Crippen molar-refractivity contribution in [3.8, 4) is 5.69 Å². The van der Waals surface area contributed by atoms with Gasteiger partial charge in [-0.05, 0) is 34.7 Å². The van der Waals surface area contributed by atoms with Crippen molar-refractivity contribution < 1.29 is 9.18 Å². The van der Waals surface area contributed by atoms with Crippen molar-refractivity contribution in [1.29, 1.82) is 0 Å². The summed E-state index contributed by atoms with van der Waals surface area (Å²) in [7, 11) is 0. The molecule has 0 aliphatic heterocycles. The molecule has 0 radical (unpaired) electrons. The lowest BCUT2D eigenvalue weighted by molar-refractivity contribution is -0.113. The van der Waals surface area contributed by atoms with E-state index in [1.807, 2.05) is 30.3 Å². The van der Waals surface area contributed by atoms with Gasteiger partial charge in [0.25, 0.3) is 0 Å². The number of hydrogen-bond acceptors (Lipinski definition) is 5. The van der Waals surface area contributed by atoms with Gasteiger partial charge in [0.1, 0.15) is 5.82 Å². The van der Waals surface area contributed by atoms with E-state index in [1.54, 1.807) is 16.8 Å². The number of halogens is 1. The van der Waals surface area contributed by atoms with Crippen molar-refractivity contribution in [2.24, 2.45) is 0 Å². The number of carbonyl (C=O) groups is 1. The van der Waals surface area contributed by atoms with Crippen LogP contribution in [0.25, 0.3) is 5.69 Å². The summed E-state index contributed by atoms with van der Waals surface area (Å²) in [5.41, 5.74) is 0.954. The molecular weight excluding hydrogens is 317 g/mol. The first kappa shape index (κ1) is 15.2. The summed E-state index contributed by atoms with van der Waals surface area (Å²) in [5.74, 6) is -0.732. The fourth-order valence-electron chi connectivity index (χ4n) is 1.88. The third-order valence-electron chi connectivity index (χ3n) is 2.92. The van der Waals surface area contributed by atoms with Gasteiger partial charge in [0, 0.05) is 0 Å². The zero-order chi connectivity index (χ0) is 16.1. The summed E-state index contributed by atoms with van der Waals surface area (Å²) in [6.07, 6.45) is 0. The van der Waals surface area contributed by atoms with Crippen LogP contribution >= 0.6 is 11.8 Å². The SMILES string of the molecule is O=C(CSc1nnnn1-c1ccccc1)Nc1ccccc1F. The van der Waals surface area contributed by atoms with Crippen LogP contribution in [0, 0.1) is 5.82 Å². The predicted octanol–water partition coefficient (Wildman–Crippen LogP) is 2.53. The number of tetrazole rings is 1. The van der Waals surface area contributed by atoms with Gasteiger partial charge < -0.3 is 5.32 Å². The Bertz CT molecular complexity index is 808. The van der Waals surface area contributed by atoms with Gasteiger partial charge >= 0.3 is 0 Å². The first-order chi connectivity index (χ1) is 11.2. The molecule has 1 N–H and O–H groups in total. The Morgan fingerprint density at radius 2 is 1.87 bits per heavy atom. The zero-order valence-electron chi connectivity index (χ0n) is 11.9. The molecule has 116 valence electrons. The maximum absolute atomic E-state index is 13.5. The zero-order valence-corrected chi connectivity index (χ0v) is 12.7. The molecule has 0 aliphatic carbocycles. The van der Waals surface area contributed by atoms with E-state index in [2.05, 4.69) is 20.8 Å². The normalized spacial score (nSPS) is 10.5. The average Bonchev–Trinajstić information content (AvgIpc) is 3.04. The maximum atomic E-state index is 13.5. The highest BCUT2D eigenvalue weighted by Crippen LogP contribution is 2.19. The summed E-state index contributed by atoms with van der Waals surface area (Å²) in [6, 6.07) is 15.4. The molecule has 1 heterocycles. The van der Waals surface area contributed by atoms with E-state index >= 15 is 0 Å². The van der Waals surface area contributed by atoms with Crippen LogP contribution in [0.3, 0.4) is 0 Å². The number of thioether (sulfide) groups is 1. The quantitative estimate of drug-likeness (QED) is 0.728. The van der Waals surface area contributed by atoms with Crippen LogP contribution in [0.15, 0.2) is 59.8 Å². The molecule has 0 atom stereocenters. The Morgan fingerprint density at radius 1 is 1.13 bits per heavy atom. The van der Waals surface area contributed by atoms with Gasteiger partial charge in [0.15, 0.2) is 0 Å². The van der Waals surface area contributed by atoms with Crippen LogP contribution in [0.5, 0.6) is 0 Å². The average molecular weight is 329 g/mol. The lowest BCUT2D eigenvalue weighted by Crippen LogP contribution is -2.15. The molecule has 1 aromatic heterocycles. The highest BCUT2D eigenvalue weighted by Gasteiger charge is 2.12. The first-order valence-corrected chi connectivity index (χ1v) is 7.73. The number of nitrogens with zero attached hydrogens (tertiary/aromatic N) is 4. The van der Waals surface area contributed by atoms with Gasteiger partial charge in [-0.15, -0.1) is 5.10 Å². The third kappa shape index (κ3) is 3.72. The second kappa shape index (κ2) is 7.01. The number of para-hydroxylation sites is 2. The highest BCUT2D eigenvalue weighted by atomic mass is 32.2. The van der Waals surface area contributed by atoms with E-state index in [0.717, 1.165) is 5.69 Å². The van der Waals surface area contributed by atoms with Gasteiger partial charge in [0.2, 0.25) is 11.1 Å². The molecule has 0 spiro atoms. The number of nitrogens with one attached hydrogen (secondary N) is 1. The van der Waals surface area contributed by atoms with Crippen molar-refractivity contribution in [2.45, 2.75) is 5.16 Å². The Balaban J connectivity index is 1.64. The second-order valence-electron chi connectivity index (χ2n) is 4.53. The van der Waals surface area contributed by atoms with Crippen molar-refractivity contribution in [3.05, 3.63) is 60.4 Å². The Morgan fingerprint density at radius 3 is 2.65 bits per heavy atom. The number of amides is 1. The van der Waals surface area contributed by atoms with E-state index in [-0.39, 0.29) is 17.3 Å². The van der Waals surface area contributed by atoms with Gasteiger partial charge in [-0.25, -0.2) is 4.39 Å². The second-order valence-corrected chi connectivity index (χ2v) is 5.47. The van der Waals surface area contributed by atoms with Crippen LogP contribution in [0.2, 0.25) is 0 Å². The molecule has 0 saturated carbocycles. The van der Waals surface area contributed by atoms with Crippen LogP contribution in [-0.4, -0.2) is 31.9 Å². The summed E-state index contributed by atoms with van der Waals surface area (Å²) < 4.78 is 15.0. The third-order valence-corrected chi connectivity index (χ3v) is 3.84. The lowest BCUT2D eigenvalue weighted by atomic mass is 10.3. The predicted molar refractivity (Wildman–Crippen MR) is 84.9 cm³/mol. The molecule has 1 amide bonds. The fraction of sp³-hybridized carbons (Fsp3) is 0.0667. The molecule has 8 heteroatoms. The first-order valence-electron chi connectivity index (χ1n) is 6.75. The van der Waals surface area contributed by atoms with Gasteiger partial charge in [-0.3, -0.25) is 4.79 Å². The Hall–Kier alpha value is -2.74. The van der Waals surface area contributed by atoms with Crippen molar-refractivity contribution in [3.63, 3.8) is 0 Å². The molecule has 0 saturated heterocycles. The molecule has 0 unspecified atom stereocenters. The minimum atomic E-state index is -0.472. The van der Waals surface area contributed by atoms with E-state index in [9.17, 15) is 9.18 Å². The number of aromatic nitrogens is 4. The van der Waals surface area contributed by atoms with E-state index in [1.165, 1.54) is 23.9 Å². The number of rotatable bonds is 5. The summed E-state index contributed by atoms with van der Waals surface area (Å²) in [4.78, 5) is 11.9. The van der Waals surface area contributed by atoms with Crippen LogP contribution in [0.4, 0.5) is 10.1 Å². The molecular formula is C15H12FN5OS. The number of carbonyl (C=O) groups excluding carboxylic acids is 1. The molecule has 2 aromatic carbocycles. The van der Waals surface area contributed by atoms with Gasteiger partial charge in [-0.2, -0.15) is 4.68 Å². The monoisotopic (exact) mass is 329 g/mol. The molecule has 3 rings (SSSR count). The fourth-order valence-corrected chi connectivity index (χ4v) is 2.57. The Labute approximate surface area is 135 Å². The summed E-state index contributed by atoms with van der Waals surface area (Å²) in [5, 5.41) is 14.4. The minimum absolute atomic E-state index is 0.0710. The Kier molecular flexibility index (Phi) is 4.62. The number of benzene rings is 2. The van der Waals surface area contributed by atoms with Crippen LogP contribution in [0.1, 0.15) is 0 Å². The van der Waals surface area contributed by atoms with Crippen molar-refractivity contribution in [1.82, 2.24) is 20.2 Å². The van der Waals surface area contributed by atoms with Crippen LogP contribution in [-0.2, 0) is 4.79 Å². The van der Waals surface area contributed by atoms with Crippen LogP contribution < -0.4 is 5.32 Å². The van der Waals surface area contributed by atoms with Gasteiger partial charge in [-0.1, -0.05) is 42.1 Å². The largest absolute Gasteiger partial charge is 0.323 e. The van der Waals surface area contributed by atoms with Crippen molar-refractivity contribution >= 4 is 23.4 Å². The number of hydrogen-bond donors (Lipinski definition) is 1. The molecule has 0 aliphatic rings. The van der Waals surface area contributed by atoms with Gasteiger partial charge in [0.05, 0.1) is 17.1 Å².